The first-order chi connectivity index (χ1) is 49.3. The Labute approximate surface area is 550 Å². The highest BCUT2D eigenvalue weighted by Gasteiger charge is 2.30. The van der Waals surface area contributed by atoms with Crippen LogP contribution in [0.1, 0.15) is 174 Å². The van der Waals surface area contributed by atoms with Crippen molar-refractivity contribution in [3.05, 3.63) is 177 Å². The Morgan fingerprint density at radius 1 is 0.522 bits per heavy atom. The SMILES string of the molecule is [2H]C(C)(C)Oc1ccc(-c2nc(-c3cccc4c3C([2H])([2H])C[C@@H]4NC([2H])([2H])C([2H])([2H])C)no2)cc1[N+]#[C-].[2H]C(C)(C)Oc1ccc(-c2nc(-c3cccc4c3C([2H])([2H])C[C@]4([2H])NCCC)no2)cc1[N+]#[C-].[2H]C([2H])(CC)N[C@H]1CC([2H])([2H])c2c(-c3noc(-c4ccc(OC([2H])(C)C)c([N+]#[C-])c4)n3)cccc21. The topological polar surface area (TPSA) is 194 Å². The van der Waals surface area contributed by atoms with Gasteiger partial charge in [0.1, 0.15) is 17.2 Å². The first-order valence-electron chi connectivity index (χ1n) is 37.2. The zero-order chi connectivity index (χ0) is 77.7. The Hall–Kier alpha value is -9.51. The summed E-state index contributed by atoms with van der Waals surface area (Å²) in [7, 11) is 0. The number of rotatable bonds is 21. The molecule has 3 N–H and O–H groups in total. The van der Waals surface area contributed by atoms with Crippen LogP contribution >= 0.6 is 0 Å². The molecular weight excluding hydrogens is 1130 g/mol. The molecule has 12 rings (SSSR count). The lowest BCUT2D eigenvalue weighted by molar-refractivity contribution is 0.244. The van der Waals surface area contributed by atoms with Crippen LogP contribution in [-0.2, 0) is 19.1 Å². The monoisotopic (exact) mass is 1220 g/mol. The number of aromatic nitrogens is 6. The molecule has 3 aliphatic carbocycles. The predicted molar refractivity (Wildman–Crippen MR) is 350 cm³/mol. The summed E-state index contributed by atoms with van der Waals surface area (Å²) in [6, 6.07) is 27.4. The van der Waals surface area contributed by atoms with Gasteiger partial charge in [-0.2, -0.15) is 15.0 Å². The van der Waals surface area contributed by atoms with Crippen molar-refractivity contribution in [1.29, 1.82) is 0 Å². The Balaban J connectivity index is 0.000000170. The van der Waals surface area contributed by atoms with Crippen molar-refractivity contribution >= 4 is 17.1 Å². The highest BCUT2D eigenvalue weighted by atomic mass is 16.5. The van der Waals surface area contributed by atoms with Gasteiger partial charge in [0.25, 0.3) is 17.7 Å². The van der Waals surface area contributed by atoms with Crippen LogP contribution in [0.2, 0.25) is 0 Å². The standard InChI is InChI=1S/3C24H26N4O2/c3*1-5-13-26-20-11-10-17-18(20)7-6-8-19(17)23-27-24(30-28-23)16-9-12-22(29-15(2)3)21(14-16)25-4/h3*6-9,12,14-15,20,26H,5,10-11,13H2,1-3H3/t3*20-/m000/s1/i5D2,10D2,13D2,15D;10D2,15D,20D;10D2,13D2,15D. The molecule has 0 spiro atoms. The number of fused-ring (bicyclic) bond motifs is 3. The summed E-state index contributed by atoms with van der Waals surface area (Å²) in [5, 5.41) is 20.9. The van der Waals surface area contributed by atoms with E-state index >= 15 is 0 Å². The fourth-order valence-electron chi connectivity index (χ4n) is 10.1. The van der Waals surface area contributed by atoms with E-state index in [2.05, 4.69) is 60.9 Å². The molecule has 3 aromatic heterocycles. The van der Waals surface area contributed by atoms with Crippen LogP contribution in [0.4, 0.5) is 17.1 Å². The molecule has 0 fully saturated rings. The molecule has 462 valence electrons. The lowest BCUT2D eigenvalue weighted by Gasteiger charge is -2.13. The summed E-state index contributed by atoms with van der Waals surface area (Å²) in [5.41, 5.74) is 6.23. The number of nitrogens with zero attached hydrogens (tertiary/aromatic N) is 9. The molecule has 0 radical (unpaired) electrons. The number of hydrogen-bond donors (Lipinski definition) is 3. The normalized spacial score (nSPS) is 21.2. The minimum atomic E-state index is -2.39. The highest BCUT2D eigenvalue weighted by Crippen LogP contribution is 2.42. The van der Waals surface area contributed by atoms with Crippen molar-refractivity contribution in [2.45, 2.75) is 156 Å². The molecule has 9 aromatic rings. The minimum absolute atomic E-state index is 0.0147. The van der Waals surface area contributed by atoms with Crippen LogP contribution in [0, 0.1) is 19.7 Å². The van der Waals surface area contributed by atoms with E-state index in [0.717, 1.165) is 13.3 Å². The van der Waals surface area contributed by atoms with E-state index in [0.29, 0.717) is 73.5 Å². The Bertz CT molecular complexity index is 4880. The third kappa shape index (κ3) is 14.6. The average molecular weight is 1220 g/mol. The van der Waals surface area contributed by atoms with E-state index in [1.165, 1.54) is 6.07 Å². The van der Waals surface area contributed by atoms with Gasteiger partial charge in [-0.1, -0.05) is 90.8 Å². The average Bonchev–Trinajstić information content (AvgIpc) is 1.59. The molecule has 3 atom stereocenters. The molecular formula is C72H78N12O6. The summed E-state index contributed by atoms with van der Waals surface area (Å²) >= 11 is 0. The molecule has 0 saturated heterocycles. The van der Waals surface area contributed by atoms with Gasteiger partial charge in [-0.15, -0.1) is 0 Å². The van der Waals surface area contributed by atoms with E-state index in [4.69, 9.17) is 69.4 Å². The second-order valence-corrected chi connectivity index (χ2v) is 21.3. The second-order valence-electron chi connectivity index (χ2n) is 21.3. The van der Waals surface area contributed by atoms with Crippen LogP contribution in [0.25, 0.3) is 83.1 Å². The lowest BCUT2D eigenvalue weighted by atomic mass is 10.0. The maximum atomic E-state index is 8.88. The van der Waals surface area contributed by atoms with Gasteiger partial charge < -0.3 is 43.7 Å². The molecule has 3 heterocycles. The quantitative estimate of drug-likeness (QED) is 0.0575. The number of ether oxygens (including phenoxy) is 3. The molecule has 0 unspecified atom stereocenters. The van der Waals surface area contributed by atoms with E-state index in [-0.39, 0.29) is 95.0 Å². The first-order valence-corrected chi connectivity index (χ1v) is 29.2. The lowest BCUT2D eigenvalue weighted by Crippen LogP contribution is -2.19. The number of benzene rings is 6. The van der Waals surface area contributed by atoms with Crippen molar-refractivity contribution in [2.24, 2.45) is 0 Å². The third-order valence-corrected chi connectivity index (χ3v) is 14.1. The van der Waals surface area contributed by atoms with Crippen molar-refractivity contribution in [2.75, 3.05) is 19.5 Å². The number of hydrogen-bond acceptors (Lipinski definition) is 15. The summed E-state index contributed by atoms with van der Waals surface area (Å²) < 4.78 is 165. The molecule has 18 nitrogen and oxygen atoms in total. The van der Waals surface area contributed by atoms with Gasteiger partial charge in [0.05, 0.1) is 43.4 Å². The molecule has 6 aromatic carbocycles. The molecule has 0 amide bonds. The third-order valence-electron chi connectivity index (χ3n) is 14.1. The van der Waals surface area contributed by atoms with Gasteiger partial charge in [0.2, 0.25) is 34.5 Å². The number of nitrogens with one attached hydrogen (secondary N) is 3. The fourth-order valence-corrected chi connectivity index (χ4v) is 10.1. The van der Waals surface area contributed by atoms with Crippen LogP contribution in [0.15, 0.2) is 123 Å². The van der Waals surface area contributed by atoms with Crippen LogP contribution in [0.5, 0.6) is 17.2 Å². The first kappa shape index (κ1) is 45.7. The Kier molecular flexibility index (Phi) is 15.1. The summed E-state index contributed by atoms with van der Waals surface area (Å²) in [4.78, 5) is 23.8. The highest BCUT2D eigenvalue weighted by molar-refractivity contribution is 5.74. The maximum absolute atomic E-state index is 8.88. The zero-order valence-electron chi connectivity index (χ0n) is 67.3. The van der Waals surface area contributed by atoms with E-state index in [9.17, 15) is 0 Å². The van der Waals surface area contributed by atoms with Gasteiger partial charge in [-0.3, -0.25) is 0 Å². The smallest absolute Gasteiger partial charge is 0.256 e. The summed E-state index contributed by atoms with van der Waals surface area (Å²) in [5.74, 6) is 1.82. The second kappa shape index (κ2) is 29.7. The Morgan fingerprint density at radius 2 is 0.900 bits per heavy atom. The van der Waals surface area contributed by atoms with Gasteiger partial charge >= 0.3 is 0 Å². The zero-order valence-corrected chi connectivity index (χ0v) is 51.3. The molecule has 90 heavy (non-hydrogen) atoms. The summed E-state index contributed by atoms with van der Waals surface area (Å²) in [6.07, 6.45) is -10.1. The maximum Gasteiger partial charge on any atom is 0.256 e. The van der Waals surface area contributed by atoms with Gasteiger partial charge in [-0.25, -0.2) is 14.5 Å². The van der Waals surface area contributed by atoms with Gasteiger partial charge in [0, 0.05) is 67.9 Å². The van der Waals surface area contributed by atoms with Crippen molar-refractivity contribution in [3.63, 3.8) is 0 Å². The molecule has 18 heteroatoms. The molecule has 0 saturated carbocycles. The van der Waals surface area contributed by atoms with Crippen LogP contribution in [0.3, 0.4) is 0 Å². The van der Waals surface area contributed by atoms with E-state index in [1.807, 2.05) is 6.92 Å². The fraction of sp³-hybridized carbons (Fsp3) is 0.375. The molecule has 0 aliphatic heterocycles. The Morgan fingerprint density at radius 3 is 1.27 bits per heavy atom. The van der Waals surface area contributed by atoms with E-state index in [1.54, 1.807) is 152 Å². The molecule has 3 aliphatic rings. The van der Waals surface area contributed by atoms with Crippen molar-refractivity contribution < 1.29 is 49.7 Å². The molecule has 0 bridgehead atoms. The summed E-state index contributed by atoms with van der Waals surface area (Å²) in [6.45, 7) is 33.3. The largest absolute Gasteiger partial charge is 0.502 e. The van der Waals surface area contributed by atoms with Crippen molar-refractivity contribution in [3.8, 4) is 85.8 Å². The van der Waals surface area contributed by atoms with Gasteiger partial charge in [-0.05, 0) is 207 Å². The minimum Gasteiger partial charge on any atom is -0.502 e. The van der Waals surface area contributed by atoms with Crippen molar-refractivity contribution in [1.82, 2.24) is 46.4 Å². The predicted octanol–water partition coefficient (Wildman–Crippen LogP) is 17.2. The van der Waals surface area contributed by atoms with Crippen LogP contribution < -0.4 is 30.2 Å². The van der Waals surface area contributed by atoms with Gasteiger partial charge in [0.15, 0.2) is 0 Å². The van der Waals surface area contributed by atoms with E-state index < -0.39 is 74.8 Å². The van der Waals surface area contributed by atoms with Crippen LogP contribution in [-0.4, -0.2) is 68.2 Å².